The molecule has 106 valence electrons. The standard InChI is InChI=1S/C12H12N2O4S2/c1-8-3-2-6-13-12(8)14-20(17,18)11-5-4-9(19-11)7-10(15)16/h2-6H,7H2,1H3,(H,13,14)(H,15,16). The molecule has 0 aliphatic carbocycles. The maximum Gasteiger partial charge on any atom is 0.308 e. The molecule has 0 saturated carbocycles. The summed E-state index contributed by atoms with van der Waals surface area (Å²) in [6, 6.07) is 6.35. The topological polar surface area (TPSA) is 96.4 Å². The molecule has 0 aromatic carbocycles. The van der Waals surface area contributed by atoms with E-state index in [9.17, 15) is 13.2 Å². The number of sulfonamides is 1. The normalized spacial score (nSPS) is 11.2. The van der Waals surface area contributed by atoms with Gasteiger partial charge >= 0.3 is 5.97 Å². The zero-order valence-corrected chi connectivity index (χ0v) is 12.2. The maximum absolute atomic E-state index is 12.2. The molecule has 6 nitrogen and oxygen atoms in total. The molecule has 0 unspecified atom stereocenters. The van der Waals surface area contributed by atoms with Gasteiger partial charge in [0.15, 0.2) is 0 Å². The van der Waals surface area contributed by atoms with Gasteiger partial charge in [0.2, 0.25) is 0 Å². The van der Waals surface area contributed by atoms with E-state index in [0.717, 1.165) is 11.3 Å². The molecule has 0 fully saturated rings. The summed E-state index contributed by atoms with van der Waals surface area (Å²) in [7, 11) is -3.74. The zero-order valence-electron chi connectivity index (χ0n) is 10.5. The van der Waals surface area contributed by atoms with Crippen LogP contribution in [0.4, 0.5) is 5.82 Å². The van der Waals surface area contributed by atoms with E-state index in [2.05, 4.69) is 9.71 Å². The first kappa shape index (κ1) is 14.5. The number of hydrogen-bond donors (Lipinski definition) is 2. The summed E-state index contributed by atoms with van der Waals surface area (Å²) in [6.45, 7) is 1.75. The minimum Gasteiger partial charge on any atom is -0.481 e. The van der Waals surface area contributed by atoms with Crippen LogP contribution in [0.2, 0.25) is 0 Å². The Morgan fingerprint density at radius 1 is 1.40 bits per heavy atom. The second-order valence-electron chi connectivity index (χ2n) is 4.07. The van der Waals surface area contributed by atoms with Gasteiger partial charge < -0.3 is 5.11 Å². The predicted molar refractivity (Wildman–Crippen MR) is 75.4 cm³/mol. The van der Waals surface area contributed by atoms with Gasteiger partial charge in [-0.25, -0.2) is 13.4 Å². The van der Waals surface area contributed by atoms with Crippen molar-refractivity contribution in [3.8, 4) is 0 Å². The van der Waals surface area contributed by atoms with E-state index < -0.39 is 16.0 Å². The van der Waals surface area contributed by atoms with E-state index in [1.165, 1.54) is 18.3 Å². The van der Waals surface area contributed by atoms with Crippen LogP contribution in [0.3, 0.4) is 0 Å². The van der Waals surface area contributed by atoms with E-state index in [0.29, 0.717) is 10.4 Å². The van der Waals surface area contributed by atoms with Gasteiger partial charge in [0.05, 0.1) is 6.42 Å². The summed E-state index contributed by atoms with van der Waals surface area (Å²) < 4.78 is 26.8. The Balaban J connectivity index is 2.25. The predicted octanol–water partition coefficient (Wildman–Crippen LogP) is 1.88. The Hall–Kier alpha value is -1.93. The molecule has 0 bridgehead atoms. The molecule has 2 N–H and O–H groups in total. The summed E-state index contributed by atoms with van der Waals surface area (Å²) in [5.41, 5.74) is 0.707. The van der Waals surface area contributed by atoms with Crippen molar-refractivity contribution in [2.24, 2.45) is 0 Å². The molecule has 0 amide bonds. The van der Waals surface area contributed by atoms with Gasteiger partial charge in [-0.1, -0.05) is 6.07 Å². The molecule has 20 heavy (non-hydrogen) atoms. The fourth-order valence-corrected chi connectivity index (χ4v) is 3.94. The zero-order chi connectivity index (χ0) is 14.8. The summed E-state index contributed by atoms with van der Waals surface area (Å²) in [4.78, 5) is 15.0. The van der Waals surface area contributed by atoms with Crippen LogP contribution in [0.5, 0.6) is 0 Å². The van der Waals surface area contributed by atoms with Crippen molar-refractivity contribution >= 4 is 33.1 Å². The number of rotatable bonds is 5. The lowest BCUT2D eigenvalue weighted by molar-refractivity contribution is -0.136. The summed E-state index contributed by atoms with van der Waals surface area (Å²) >= 11 is 0.934. The number of nitrogens with zero attached hydrogens (tertiary/aromatic N) is 1. The quantitative estimate of drug-likeness (QED) is 0.878. The highest BCUT2D eigenvalue weighted by atomic mass is 32.2. The highest BCUT2D eigenvalue weighted by Gasteiger charge is 2.19. The average Bonchev–Trinajstić information content (AvgIpc) is 2.80. The fraction of sp³-hybridized carbons (Fsp3) is 0.167. The van der Waals surface area contributed by atoms with E-state index >= 15 is 0 Å². The van der Waals surface area contributed by atoms with Crippen LogP contribution in [0.25, 0.3) is 0 Å². The van der Waals surface area contributed by atoms with Crippen LogP contribution in [-0.4, -0.2) is 24.5 Å². The van der Waals surface area contributed by atoms with Crippen molar-refractivity contribution in [3.05, 3.63) is 40.9 Å². The largest absolute Gasteiger partial charge is 0.481 e. The first-order valence-corrected chi connectivity index (χ1v) is 7.93. The maximum atomic E-state index is 12.2. The van der Waals surface area contributed by atoms with Crippen molar-refractivity contribution in [1.29, 1.82) is 0 Å². The van der Waals surface area contributed by atoms with Gasteiger partial charge in [-0.3, -0.25) is 9.52 Å². The molecule has 8 heteroatoms. The molecule has 2 aromatic heterocycles. The Kier molecular flexibility index (Phi) is 4.05. The molecular formula is C12H12N2O4S2. The molecule has 2 heterocycles. The highest BCUT2D eigenvalue weighted by Crippen LogP contribution is 2.24. The third-order valence-electron chi connectivity index (χ3n) is 2.47. The Labute approximate surface area is 120 Å². The lowest BCUT2D eigenvalue weighted by Crippen LogP contribution is -2.13. The average molecular weight is 312 g/mol. The van der Waals surface area contributed by atoms with E-state index in [1.54, 1.807) is 19.1 Å². The number of aromatic nitrogens is 1. The van der Waals surface area contributed by atoms with E-state index in [1.807, 2.05) is 0 Å². The number of carboxylic acids is 1. The third kappa shape index (κ3) is 3.34. The number of nitrogens with one attached hydrogen (secondary N) is 1. The second kappa shape index (κ2) is 5.59. The second-order valence-corrected chi connectivity index (χ2v) is 7.14. The summed E-state index contributed by atoms with van der Waals surface area (Å²) in [5, 5.41) is 8.68. The smallest absolute Gasteiger partial charge is 0.308 e. The molecule has 0 saturated heterocycles. The van der Waals surface area contributed by atoms with Crippen molar-refractivity contribution in [2.45, 2.75) is 17.6 Å². The van der Waals surface area contributed by atoms with Gasteiger partial charge in [0.25, 0.3) is 10.0 Å². The van der Waals surface area contributed by atoms with Crippen LogP contribution in [0, 0.1) is 6.92 Å². The van der Waals surface area contributed by atoms with Crippen molar-refractivity contribution in [3.63, 3.8) is 0 Å². The fourth-order valence-electron chi connectivity index (χ4n) is 1.52. The number of aryl methyl sites for hydroxylation is 1. The molecule has 0 aliphatic heterocycles. The number of thiophene rings is 1. The Bertz CT molecular complexity index is 737. The molecule has 0 aliphatic rings. The first-order valence-electron chi connectivity index (χ1n) is 5.63. The third-order valence-corrected chi connectivity index (χ3v) is 5.38. The van der Waals surface area contributed by atoms with Gasteiger partial charge in [-0.2, -0.15) is 0 Å². The van der Waals surface area contributed by atoms with Crippen molar-refractivity contribution in [2.75, 3.05) is 4.72 Å². The number of anilines is 1. The van der Waals surface area contributed by atoms with Crippen LogP contribution < -0.4 is 4.72 Å². The van der Waals surface area contributed by atoms with Gasteiger partial charge in [-0.05, 0) is 30.7 Å². The number of hydrogen-bond acceptors (Lipinski definition) is 5. The van der Waals surface area contributed by atoms with Crippen LogP contribution >= 0.6 is 11.3 Å². The lowest BCUT2D eigenvalue weighted by Gasteiger charge is -2.07. The Morgan fingerprint density at radius 3 is 2.80 bits per heavy atom. The number of carbonyl (C=O) groups is 1. The highest BCUT2D eigenvalue weighted by molar-refractivity contribution is 7.94. The summed E-state index contributed by atoms with van der Waals surface area (Å²) in [6.07, 6.45) is 1.30. The number of pyridine rings is 1. The molecule has 2 rings (SSSR count). The molecule has 0 radical (unpaired) electrons. The van der Waals surface area contributed by atoms with Gasteiger partial charge in [-0.15, -0.1) is 11.3 Å². The number of aliphatic carboxylic acids is 1. The SMILES string of the molecule is Cc1cccnc1NS(=O)(=O)c1ccc(CC(=O)O)s1. The molecule has 2 aromatic rings. The Morgan fingerprint density at radius 2 is 2.15 bits per heavy atom. The monoisotopic (exact) mass is 312 g/mol. The van der Waals surface area contributed by atoms with Crippen molar-refractivity contribution in [1.82, 2.24) is 4.98 Å². The number of carboxylic acid groups (broad SMARTS) is 1. The van der Waals surface area contributed by atoms with Gasteiger partial charge in [0.1, 0.15) is 10.0 Å². The van der Waals surface area contributed by atoms with Crippen molar-refractivity contribution < 1.29 is 18.3 Å². The van der Waals surface area contributed by atoms with Crippen LogP contribution in [0.1, 0.15) is 10.4 Å². The molecule has 0 spiro atoms. The van der Waals surface area contributed by atoms with Crippen LogP contribution in [-0.2, 0) is 21.2 Å². The van der Waals surface area contributed by atoms with Crippen LogP contribution in [0.15, 0.2) is 34.7 Å². The van der Waals surface area contributed by atoms with E-state index in [4.69, 9.17) is 5.11 Å². The minimum atomic E-state index is -3.74. The first-order chi connectivity index (χ1) is 9.38. The van der Waals surface area contributed by atoms with Gasteiger partial charge in [0, 0.05) is 11.1 Å². The molecular weight excluding hydrogens is 300 g/mol. The lowest BCUT2D eigenvalue weighted by atomic mass is 10.3. The minimum absolute atomic E-state index is 0.0683. The summed E-state index contributed by atoms with van der Waals surface area (Å²) in [5.74, 6) is -0.731. The molecule has 0 atom stereocenters. The van der Waals surface area contributed by atoms with E-state index in [-0.39, 0.29) is 16.4 Å².